The Morgan fingerprint density at radius 3 is 2.69 bits per heavy atom. The fourth-order valence-electron chi connectivity index (χ4n) is 1.49. The molecule has 1 aliphatic heterocycles. The topological polar surface area (TPSA) is 49.4 Å². The number of piperazine rings is 1. The number of nitrogens with zero attached hydrogens (tertiary/aromatic N) is 1. The van der Waals surface area contributed by atoms with E-state index in [9.17, 15) is 9.59 Å². The normalized spacial score (nSPS) is 23.7. The summed E-state index contributed by atoms with van der Waals surface area (Å²) < 4.78 is 0. The molecule has 0 aromatic carbocycles. The predicted molar refractivity (Wildman–Crippen MR) is 49.0 cm³/mol. The van der Waals surface area contributed by atoms with Gasteiger partial charge in [-0.2, -0.15) is 0 Å². The molecule has 4 heteroatoms. The van der Waals surface area contributed by atoms with E-state index in [2.05, 4.69) is 5.32 Å². The zero-order chi connectivity index (χ0) is 10.0. The van der Waals surface area contributed by atoms with Gasteiger partial charge in [0.25, 0.3) is 0 Å². The quantitative estimate of drug-likeness (QED) is 0.656. The summed E-state index contributed by atoms with van der Waals surface area (Å²) in [6.45, 7) is 4.26. The third kappa shape index (κ3) is 2.44. The summed E-state index contributed by atoms with van der Waals surface area (Å²) in [5.74, 6) is 0.377. The summed E-state index contributed by atoms with van der Waals surface area (Å²) >= 11 is 0. The largest absolute Gasteiger partial charge is 0.343 e. The van der Waals surface area contributed by atoms with Crippen LogP contribution in [0.15, 0.2) is 0 Å². The van der Waals surface area contributed by atoms with Gasteiger partial charge in [0.2, 0.25) is 11.8 Å². The van der Waals surface area contributed by atoms with Crippen molar-refractivity contribution >= 4 is 11.8 Å². The van der Waals surface area contributed by atoms with Crippen LogP contribution in [0.25, 0.3) is 0 Å². The highest BCUT2D eigenvalue weighted by molar-refractivity contribution is 5.94. The van der Waals surface area contributed by atoms with Crippen LogP contribution in [-0.4, -0.2) is 36.3 Å². The van der Waals surface area contributed by atoms with Crippen LogP contribution in [0, 0.1) is 5.92 Å². The Morgan fingerprint density at radius 1 is 1.54 bits per heavy atom. The molecular formula is C9H16N2O2. The van der Waals surface area contributed by atoms with Gasteiger partial charge in [-0.05, 0) is 12.3 Å². The van der Waals surface area contributed by atoms with E-state index in [1.54, 1.807) is 7.05 Å². The molecule has 0 bridgehead atoms. The molecule has 0 aromatic rings. The van der Waals surface area contributed by atoms with Crippen LogP contribution in [-0.2, 0) is 9.59 Å². The fraction of sp³-hybridized carbons (Fsp3) is 0.778. The summed E-state index contributed by atoms with van der Waals surface area (Å²) in [6.07, 6.45) is 0.717. The molecule has 2 amide bonds. The molecule has 1 rings (SSSR count). The summed E-state index contributed by atoms with van der Waals surface area (Å²) in [5, 5.41) is 2.70. The monoisotopic (exact) mass is 184 g/mol. The van der Waals surface area contributed by atoms with E-state index in [1.165, 1.54) is 4.90 Å². The number of carbonyl (C=O) groups is 2. The summed E-state index contributed by atoms with van der Waals surface area (Å²) in [7, 11) is 1.66. The number of nitrogens with one attached hydrogen (secondary N) is 1. The maximum Gasteiger partial charge on any atom is 0.245 e. The number of hydrogen-bond donors (Lipinski definition) is 1. The maximum absolute atomic E-state index is 11.5. The number of rotatable bonds is 2. The molecule has 0 spiro atoms. The van der Waals surface area contributed by atoms with Crippen molar-refractivity contribution in [2.24, 2.45) is 5.92 Å². The molecule has 1 N–H and O–H groups in total. The Morgan fingerprint density at radius 2 is 2.15 bits per heavy atom. The molecule has 0 saturated carbocycles. The SMILES string of the molecule is CC(C)C[C@@H]1NC(=O)CN(C)C1=O. The van der Waals surface area contributed by atoms with Crippen LogP contribution >= 0.6 is 0 Å². The van der Waals surface area contributed by atoms with Crippen molar-refractivity contribution in [2.45, 2.75) is 26.3 Å². The highest BCUT2D eigenvalue weighted by atomic mass is 16.2. The van der Waals surface area contributed by atoms with E-state index >= 15 is 0 Å². The van der Waals surface area contributed by atoms with Crippen LogP contribution in [0.2, 0.25) is 0 Å². The fourth-order valence-corrected chi connectivity index (χ4v) is 1.49. The van der Waals surface area contributed by atoms with Crippen molar-refractivity contribution in [3.63, 3.8) is 0 Å². The zero-order valence-corrected chi connectivity index (χ0v) is 8.33. The molecule has 1 fully saturated rings. The van der Waals surface area contributed by atoms with E-state index in [1.807, 2.05) is 13.8 Å². The summed E-state index contributed by atoms with van der Waals surface area (Å²) in [5.41, 5.74) is 0. The maximum atomic E-state index is 11.5. The van der Waals surface area contributed by atoms with Gasteiger partial charge >= 0.3 is 0 Å². The second-order valence-electron chi connectivity index (χ2n) is 3.94. The Hall–Kier alpha value is -1.06. The molecule has 74 valence electrons. The van der Waals surface area contributed by atoms with Crippen LogP contribution < -0.4 is 5.32 Å². The van der Waals surface area contributed by atoms with Crippen LogP contribution in [0.5, 0.6) is 0 Å². The van der Waals surface area contributed by atoms with E-state index in [0.717, 1.165) is 6.42 Å². The van der Waals surface area contributed by atoms with Gasteiger partial charge in [0.15, 0.2) is 0 Å². The van der Waals surface area contributed by atoms with Gasteiger partial charge in [0.1, 0.15) is 6.04 Å². The van der Waals surface area contributed by atoms with Gasteiger partial charge < -0.3 is 10.2 Å². The van der Waals surface area contributed by atoms with Crippen molar-refractivity contribution in [3.8, 4) is 0 Å². The first-order valence-electron chi connectivity index (χ1n) is 4.55. The van der Waals surface area contributed by atoms with Crippen molar-refractivity contribution in [3.05, 3.63) is 0 Å². The lowest BCUT2D eigenvalue weighted by atomic mass is 10.0. The third-order valence-corrected chi connectivity index (χ3v) is 2.10. The van der Waals surface area contributed by atoms with E-state index < -0.39 is 0 Å². The van der Waals surface area contributed by atoms with Gasteiger partial charge in [0.05, 0.1) is 6.54 Å². The minimum atomic E-state index is -0.314. The van der Waals surface area contributed by atoms with Crippen molar-refractivity contribution in [1.29, 1.82) is 0 Å². The Kier molecular flexibility index (Phi) is 2.90. The number of hydrogen-bond acceptors (Lipinski definition) is 2. The smallest absolute Gasteiger partial charge is 0.245 e. The molecule has 1 heterocycles. The molecule has 1 atom stereocenters. The minimum absolute atomic E-state index is 0.0216. The Bertz CT molecular complexity index is 226. The van der Waals surface area contributed by atoms with Gasteiger partial charge in [-0.15, -0.1) is 0 Å². The molecule has 1 saturated heterocycles. The molecule has 1 aliphatic rings. The standard InChI is InChI=1S/C9H16N2O2/c1-6(2)4-7-9(13)11(3)5-8(12)10-7/h6-7H,4-5H2,1-3H3,(H,10,12)/t7-/m0/s1. The first-order chi connectivity index (χ1) is 6.00. The lowest BCUT2D eigenvalue weighted by Crippen LogP contribution is -2.56. The Balaban J connectivity index is 2.61. The van der Waals surface area contributed by atoms with Gasteiger partial charge in [-0.1, -0.05) is 13.8 Å². The number of carbonyl (C=O) groups excluding carboxylic acids is 2. The zero-order valence-electron chi connectivity index (χ0n) is 8.33. The summed E-state index contributed by atoms with van der Waals surface area (Å²) in [6, 6.07) is -0.314. The highest BCUT2D eigenvalue weighted by Gasteiger charge is 2.30. The third-order valence-electron chi connectivity index (χ3n) is 2.10. The minimum Gasteiger partial charge on any atom is -0.343 e. The van der Waals surface area contributed by atoms with Crippen molar-refractivity contribution in [2.75, 3.05) is 13.6 Å². The van der Waals surface area contributed by atoms with Gasteiger partial charge in [-0.25, -0.2) is 0 Å². The van der Waals surface area contributed by atoms with Crippen LogP contribution in [0.3, 0.4) is 0 Å². The van der Waals surface area contributed by atoms with Crippen LogP contribution in [0.1, 0.15) is 20.3 Å². The Labute approximate surface area is 78.3 Å². The van der Waals surface area contributed by atoms with Crippen LogP contribution in [0.4, 0.5) is 0 Å². The number of amides is 2. The molecular weight excluding hydrogens is 168 g/mol. The highest BCUT2D eigenvalue weighted by Crippen LogP contribution is 2.09. The van der Waals surface area contributed by atoms with E-state index in [-0.39, 0.29) is 24.4 Å². The predicted octanol–water partition coefficient (Wildman–Crippen LogP) is -0.0107. The second-order valence-corrected chi connectivity index (χ2v) is 3.94. The molecule has 0 unspecified atom stereocenters. The average Bonchev–Trinajstić information content (AvgIpc) is 1.98. The molecule has 13 heavy (non-hydrogen) atoms. The lowest BCUT2D eigenvalue weighted by molar-refractivity contribution is -0.143. The molecule has 0 aliphatic carbocycles. The van der Waals surface area contributed by atoms with Crippen molar-refractivity contribution < 1.29 is 9.59 Å². The first kappa shape index (κ1) is 10.0. The average molecular weight is 184 g/mol. The van der Waals surface area contributed by atoms with E-state index in [4.69, 9.17) is 0 Å². The second kappa shape index (κ2) is 3.77. The summed E-state index contributed by atoms with van der Waals surface area (Å²) in [4.78, 5) is 24.1. The molecule has 4 nitrogen and oxygen atoms in total. The molecule has 0 radical (unpaired) electrons. The van der Waals surface area contributed by atoms with Gasteiger partial charge in [0, 0.05) is 7.05 Å². The van der Waals surface area contributed by atoms with Crippen molar-refractivity contribution in [1.82, 2.24) is 10.2 Å². The first-order valence-corrected chi connectivity index (χ1v) is 4.55. The van der Waals surface area contributed by atoms with E-state index in [0.29, 0.717) is 5.92 Å². The lowest BCUT2D eigenvalue weighted by Gasteiger charge is -2.30. The number of likely N-dealkylation sites (N-methyl/N-ethyl adjacent to an activating group) is 1. The van der Waals surface area contributed by atoms with Gasteiger partial charge in [-0.3, -0.25) is 9.59 Å². The molecule has 0 aromatic heterocycles.